The number of hydrogen-bond acceptors (Lipinski definition) is 5. The van der Waals surface area contributed by atoms with E-state index in [-0.39, 0.29) is 0 Å². The molecule has 1 unspecified atom stereocenters. The van der Waals surface area contributed by atoms with Crippen LogP contribution in [-0.2, 0) is 16.0 Å². The van der Waals surface area contributed by atoms with Crippen molar-refractivity contribution in [1.29, 1.82) is 0 Å². The van der Waals surface area contributed by atoms with Crippen LogP contribution < -0.4 is 0 Å². The zero-order chi connectivity index (χ0) is 15.1. The fourth-order valence-corrected chi connectivity index (χ4v) is 1.99. The maximum absolute atomic E-state index is 10.2. The lowest BCUT2D eigenvalue weighted by Gasteiger charge is -2.13. The molecule has 1 aromatic carbocycles. The van der Waals surface area contributed by atoms with Crippen molar-refractivity contribution in [2.45, 2.75) is 32.8 Å². The first-order valence-corrected chi connectivity index (χ1v) is 7.10. The predicted octanol–water partition coefficient (Wildman–Crippen LogP) is 2.08. The van der Waals surface area contributed by atoms with Gasteiger partial charge in [-0.05, 0) is 19.4 Å². The molecule has 0 bridgehead atoms. The third kappa shape index (κ3) is 4.35. The number of hydrogen-bond donors (Lipinski definition) is 1. The maximum atomic E-state index is 10.2. The smallest absolute Gasteiger partial charge is 0.204 e. The number of aromatic nitrogens is 3. The third-order valence-corrected chi connectivity index (χ3v) is 2.98. The molecular weight excluding hydrogens is 270 g/mol. The Bertz CT molecular complexity index is 524. The lowest BCUT2D eigenvalue weighted by molar-refractivity contribution is -0.142. The van der Waals surface area contributed by atoms with Gasteiger partial charge in [0.15, 0.2) is 0 Å². The minimum atomic E-state index is -0.626. The van der Waals surface area contributed by atoms with Crippen LogP contribution in [0.2, 0.25) is 0 Å². The Morgan fingerprint density at radius 2 is 1.81 bits per heavy atom. The highest BCUT2D eigenvalue weighted by Crippen LogP contribution is 2.18. The van der Waals surface area contributed by atoms with Gasteiger partial charge in [-0.3, -0.25) is 0 Å². The maximum Gasteiger partial charge on any atom is 0.204 e. The molecule has 114 valence electrons. The van der Waals surface area contributed by atoms with Crippen LogP contribution in [0.5, 0.6) is 0 Å². The molecule has 0 spiro atoms. The lowest BCUT2D eigenvalue weighted by Crippen LogP contribution is -2.10. The Morgan fingerprint density at radius 3 is 2.43 bits per heavy atom. The molecule has 0 fully saturated rings. The molecule has 1 N–H and O–H groups in total. The van der Waals surface area contributed by atoms with E-state index >= 15 is 0 Å². The van der Waals surface area contributed by atoms with Gasteiger partial charge in [0, 0.05) is 13.2 Å². The third-order valence-electron chi connectivity index (χ3n) is 2.98. The van der Waals surface area contributed by atoms with Gasteiger partial charge in [0.25, 0.3) is 0 Å². The van der Waals surface area contributed by atoms with Crippen LogP contribution in [0, 0.1) is 0 Å². The second kappa shape index (κ2) is 7.87. The summed E-state index contributed by atoms with van der Waals surface area (Å²) in [6.07, 6.45) is 0.600. The molecule has 6 heteroatoms. The van der Waals surface area contributed by atoms with Crippen molar-refractivity contribution in [3.8, 4) is 0 Å². The molecule has 0 aliphatic carbocycles. The van der Waals surface area contributed by atoms with Crippen molar-refractivity contribution in [2.24, 2.45) is 0 Å². The molecule has 1 heterocycles. The van der Waals surface area contributed by atoms with Gasteiger partial charge in [-0.1, -0.05) is 35.5 Å². The highest BCUT2D eigenvalue weighted by atomic mass is 16.7. The minimum absolute atomic E-state index is 0.335. The summed E-state index contributed by atoms with van der Waals surface area (Å²) in [5.41, 5.74) is 1.46. The van der Waals surface area contributed by atoms with Crippen molar-refractivity contribution in [3.63, 3.8) is 0 Å². The van der Waals surface area contributed by atoms with E-state index in [1.165, 1.54) is 0 Å². The highest BCUT2D eigenvalue weighted by molar-refractivity contribution is 5.17. The minimum Gasteiger partial charge on any atom is -0.386 e. The summed E-state index contributed by atoms with van der Waals surface area (Å²) in [5, 5.41) is 18.2. The quantitative estimate of drug-likeness (QED) is 0.754. The molecule has 0 radical (unpaired) electrons. The number of nitrogens with zero attached hydrogens (tertiary/aromatic N) is 3. The molecule has 0 aliphatic rings. The van der Waals surface area contributed by atoms with Crippen molar-refractivity contribution in [1.82, 2.24) is 15.0 Å². The largest absolute Gasteiger partial charge is 0.386 e. The van der Waals surface area contributed by atoms with Crippen LogP contribution in [0.15, 0.2) is 36.5 Å². The second-order valence-corrected chi connectivity index (χ2v) is 4.53. The van der Waals surface area contributed by atoms with Crippen molar-refractivity contribution < 1.29 is 14.6 Å². The summed E-state index contributed by atoms with van der Waals surface area (Å²) in [5.74, 6) is 0. The molecule has 0 aliphatic heterocycles. The van der Waals surface area contributed by atoms with E-state index in [1.54, 1.807) is 10.9 Å². The Kier molecular flexibility index (Phi) is 5.86. The zero-order valence-electron chi connectivity index (χ0n) is 12.3. The predicted molar refractivity (Wildman–Crippen MR) is 77.4 cm³/mol. The summed E-state index contributed by atoms with van der Waals surface area (Å²) in [4.78, 5) is 0. The number of benzene rings is 1. The van der Waals surface area contributed by atoms with Gasteiger partial charge in [0.1, 0.15) is 5.69 Å². The van der Waals surface area contributed by atoms with Gasteiger partial charge in [-0.15, -0.1) is 5.10 Å². The zero-order valence-corrected chi connectivity index (χ0v) is 12.3. The summed E-state index contributed by atoms with van der Waals surface area (Å²) in [7, 11) is 0. The number of aliphatic hydroxyl groups is 1. The fourth-order valence-electron chi connectivity index (χ4n) is 1.99. The van der Waals surface area contributed by atoms with Gasteiger partial charge in [-0.25, -0.2) is 4.68 Å². The first-order chi connectivity index (χ1) is 10.2. The van der Waals surface area contributed by atoms with Gasteiger partial charge in [0.05, 0.1) is 18.8 Å². The topological polar surface area (TPSA) is 69.4 Å². The number of aliphatic hydroxyl groups excluding tert-OH is 1. The highest BCUT2D eigenvalue weighted by Gasteiger charge is 2.17. The van der Waals surface area contributed by atoms with E-state index in [2.05, 4.69) is 10.3 Å². The van der Waals surface area contributed by atoms with Gasteiger partial charge in [-0.2, -0.15) is 0 Å². The van der Waals surface area contributed by atoms with E-state index in [9.17, 15) is 5.11 Å². The molecule has 2 rings (SSSR count). The fraction of sp³-hybridized carbons (Fsp3) is 0.467. The Labute approximate surface area is 124 Å². The Hall–Kier alpha value is -1.76. The van der Waals surface area contributed by atoms with Crippen LogP contribution in [0.4, 0.5) is 0 Å². The first-order valence-electron chi connectivity index (χ1n) is 7.10. The monoisotopic (exact) mass is 291 g/mol. The Balaban J connectivity index is 2.02. The molecule has 21 heavy (non-hydrogen) atoms. The lowest BCUT2D eigenvalue weighted by atomic mass is 10.1. The van der Waals surface area contributed by atoms with E-state index in [0.29, 0.717) is 25.5 Å². The Morgan fingerprint density at radius 1 is 1.14 bits per heavy atom. The molecule has 6 nitrogen and oxygen atoms in total. The standard InChI is InChI=1S/C15H21N3O3/c1-3-20-15(21-4-2)13-10-18(17-16-13)11-14(19)12-8-6-5-7-9-12/h5-10,14-15,19H,3-4,11H2,1-2H3. The van der Waals surface area contributed by atoms with Crippen molar-refractivity contribution in [2.75, 3.05) is 13.2 Å². The van der Waals surface area contributed by atoms with Gasteiger partial charge in [0.2, 0.25) is 6.29 Å². The average molecular weight is 291 g/mol. The van der Waals surface area contributed by atoms with Gasteiger partial charge < -0.3 is 14.6 Å². The SMILES string of the molecule is CCOC(OCC)c1cn(CC(O)c2ccccc2)nn1. The van der Waals surface area contributed by atoms with Crippen LogP contribution in [0.1, 0.15) is 37.5 Å². The second-order valence-electron chi connectivity index (χ2n) is 4.53. The molecule has 0 saturated heterocycles. The van der Waals surface area contributed by atoms with Crippen molar-refractivity contribution in [3.05, 3.63) is 47.8 Å². The summed E-state index contributed by atoms with van der Waals surface area (Å²) >= 11 is 0. The summed E-state index contributed by atoms with van der Waals surface area (Å²) < 4.78 is 12.5. The van der Waals surface area contributed by atoms with Crippen LogP contribution >= 0.6 is 0 Å². The van der Waals surface area contributed by atoms with Crippen LogP contribution in [-0.4, -0.2) is 33.3 Å². The molecule has 0 saturated carbocycles. The molecule has 0 amide bonds. The van der Waals surface area contributed by atoms with Crippen molar-refractivity contribution >= 4 is 0 Å². The van der Waals surface area contributed by atoms with E-state index in [4.69, 9.17) is 9.47 Å². The first kappa shape index (κ1) is 15.6. The van der Waals surface area contributed by atoms with E-state index < -0.39 is 12.4 Å². The van der Waals surface area contributed by atoms with Crippen LogP contribution in [0.3, 0.4) is 0 Å². The van der Waals surface area contributed by atoms with Gasteiger partial charge >= 0.3 is 0 Å². The summed E-state index contributed by atoms with van der Waals surface area (Å²) in [6, 6.07) is 9.47. The number of ether oxygens (including phenoxy) is 2. The summed E-state index contributed by atoms with van der Waals surface area (Å²) in [6.45, 7) is 5.20. The normalized spacial score (nSPS) is 12.8. The number of rotatable bonds is 8. The molecular formula is C15H21N3O3. The molecule has 1 atom stereocenters. The molecule has 2 aromatic rings. The molecule has 1 aromatic heterocycles. The van der Waals surface area contributed by atoms with Crippen LogP contribution in [0.25, 0.3) is 0 Å². The van der Waals surface area contributed by atoms with E-state index in [1.807, 2.05) is 44.2 Å². The average Bonchev–Trinajstić information content (AvgIpc) is 2.96. The van der Waals surface area contributed by atoms with E-state index in [0.717, 1.165) is 5.56 Å².